The molecule has 2 N–H and O–H groups in total. The van der Waals surface area contributed by atoms with Crippen LogP contribution in [0.2, 0.25) is 0 Å². The van der Waals surface area contributed by atoms with E-state index in [9.17, 15) is 19.8 Å². The minimum Gasteiger partial charge on any atom is -0.502 e. The Bertz CT molecular complexity index is 1100. The van der Waals surface area contributed by atoms with Crippen molar-refractivity contribution in [3.8, 4) is 17.2 Å². The van der Waals surface area contributed by atoms with Crippen LogP contribution >= 0.6 is 11.8 Å². The van der Waals surface area contributed by atoms with Crippen LogP contribution in [-0.4, -0.2) is 52.4 Å². The van der Waals surface area contributed by atoms with Gasteiger partial charge in [0, 0.05) is 0 Å². The number of aromatic hydroxyl groups is 1. The Kier molecular flexibility index (Phi) is 7.02. The average Bonchev–Trinajstić information content (AvgIpc) is 3.03. The average molecular weight is 471 g/mol. The lowest BCUT2D eigenvalue weighted by molar-refractivity contribution is -0.149. The third-order valence-electron chi connectivity index (χ3n) is 4.93. The zero-order valence-corrected chi connectivity index (χ0v) is 19.8. The quantitative estimate of drug-likeness (QED) is 0.598. The summed E-state index contributed by atoms with van der Waals surface area (Å²) in [7, 11) is 2.82. The van der Waals surface area contributed by atoms with E-state index in [2.05, 4.69) is 4.99 Å². The van der Waals surface area contributed by atoms with Gasteiger partial charge in [0.15, 0.2) is 16.7 Å². The van der Waals surface area contributed by atoms with E-state index in [1.54, 1.807) is 51.1 Å². The number of hydrogen-bond donors (Lipinski definition) is 2. The normalized spacial score (nSPS) is 17.5. The molecule has 1 saturated heterocycles. The van der Waals surface area contributed by atoms with Gasteiger partial charge in [-0.15, -0.1) is 0 Å². The number of carbonyl (C=O) groups is 2. The zero-order chi connectivity index (χ0) is 24.3. The fraction of sp³-hybridized carbons (Fsp3) is 0.292. The molecule has 1 unspecified atom stereocenters. The number of amides is 1. The number of carboxylic acids is 1. The number of aliphatic imine (C=N–C) groups is 1. The fourth-order valence-corrected chi connectivity index (χ4v) is 4.44. The lowest BCUT2D eigenvalue weighted by Crippen LogP contribution is -2.51. The summed E-state index contributed by atoms with van der Waals surface area (Å²) >= 11 is 1.09. The van der Waals surface area contributed by atoms with Gasteiger partial charge in [-0.25, -0.2) is 9.79 Å². The van der Waals surface area contributed by atoms with Crippen LogP contribution in [0.5, 0.6) is 17.2 Å². The van der Waals surface area contributed by atoms with Crippen LogP contribution in [0.4, 0.5) is 5.69 Å². The molecule has 1 heterocycles. The molecule has 1 atom stereocenters. The SMILES string of the molecule is COc1cc(/C=C2\SC(=Nc3ccccc3)N(C(C(=O)O)C(C)(C)C)C2=O)cc(OC)c1O. The Morgan fingerprint density at radius 3 is 2.18 bits per heavy atom. The first-order chi connectivity index (χ1) is 15.6. The molecule has 0 radical (unpaired) electrons. The Balaban J connectivity index is 2.13. The van der Waals surface area contributed by atoms with E-state index >= 15 is 0 Å². The molecule has 1 fully saturated rings. The number of benzene rings is 2. The highest BCUT2D eigenvalue weighted by Gasteiger charge is 2.46. The number of phenolic OH excluding ortho intramolecular Hbond substituents is 1. The molecular weight excluding hydrogens is 444 g/mol. The van der Waals surface area contributed by atoms with Crippen LogP contribution in [0.25, 0.3) is 6.08 Å². The van der Waals surface area contributed by atoms with Crippen LogP contribution in [0, 0.1) is 5.41 Å². The number of methoxy groups -OCH3 is 2. The summed E-state index contributed by atoms with van der Waals surface area (Å²) in [5, 5.41) is 20.4. The Labute approximate surface area is 196 Å². The van der Waals surface area contributed by atoms with E-state index in [0.717, 1.165) is 11.8 Å². The molecule has 2 aromatic rings. The maximum Gasteiger partial charge on any atom is 0.327 e. The van der Waals surface area contributed by atoms with Crippen molar-refractivity contribution in [2.24, 2.45) is 10.4 Å². The number of carbonyl (C=O) groups excluding carboxylic acids is 1. The van der Waals surface area contributed by atoms with Gasteiger partial charge in [-0.2, -0.15) is 0 Å². The van der Waals surface area contributed by atoms with Gasteiger partial charge >= 0.3 is 5.97 Å². The van der Waals surface area contributed by atoms with Crippen molar-refractivity contribution in [2.75, 3.05) is 14.2 Å². The van der Waals surface area contributed by atoms with Crippen LogP contribution in [0.1, 0.15) is 26.3 Å². The minimum absolute atomic E-state index is 0.154. The number of para-hydroxylation sites is 1. The lowest BCUT2D eigenvalue weighted by Gasteiger charge is -2.33. The number of thioether (sulfide) groups is 1. The van der Waals surface area contributed by atoms with Crippen molar-refractivity contribution >= 4 is 40.6 Å². The summed E-state index contributed by atoms with van der Waals surface area (Å²) < 4.78 is 10.4. The molecule has 2 aromatic carbocycles. The number of nitrogens with zero attached hydrogens (tertiary/aromatic N) is 2. The summed E-state index contributed by atoms with van der Waals surface area (Å²) in [4.78, 5) is 31.8. The maximum atomic E-state index is 13.5. The summed E-state index contributed by atoms with van der Waals surface area (Å²) in [6, 6.07) is 11.0. The molecule has 0 saturated carbocycles. The third-order valence-corrected chi connectivity index (χ3v) is 5.91. The van der Waals surface area contributed by atoms with Gasteiger partial charge in [0.25, 0.3) is 5.91 Å². The van der Waals surface area contributed by atoms with Crippen molar-refractivity contribution in [3.63, 3.8) is 0 Å². The largest absolute Gasteiger partial charge is 0.502 e. The van der Waals surface area contributed by atoms with Crippen LogP contribution in [-0.2, 0) is 9.59 Å². The van der Waals surface area contributed by atoms with Gasteiger partial charge in [0.05, 0.1) is 24.8 Å². The summed E-state index contributed by atoms with van der Waals surface area (Å²) in [5.74, 6) is -1.37. The third kappa shape index (κ3) is 5.14. The smallest absolute Gasteiger partial charge is 0.327 e. The molecule has 9 heteroatoms. The fourth-order valence-electron chi connectivity index (χ4n) is 3.42. The van der Waals surface area contributed by atoms with Crippen molar-refractivity contribution in [3.05, 3.63) is 52.9 Å². The summed E-state index contributed by atoms with van der Waals surface area (Å²) in [6.07, 6.45) is 1.60. The van der Waals surface area contributed by atoms with Gasteiger partial charge in [0.1, 0.15) is 6.04 Å². The first-order valence-corrected chi connectivity index (χ1v) is 10.9. The molecule has 8 nitrogen and oxygen atoms in total. The molecule has 0 bridgehead atoms. The predicted octanol–water partition coefficient (Wildman–Crippen LogP) is 4.51. The number of ether oxygens (including phenoxy) is 2. The topological polar surface area (TPSA) is 109 Å². The van der Waals surface area contributed by atoms with Crippen molar-refractivity contribution < 1.29 is 29.3 Å². The molecule has 0 aliphatic carbocycles. The van der Waals surface area contributed by atoms with Gasteiger partial charge < -0.3 is 19.7 Å². The highest BCUT2D eigenvalue weighted by atomic mass is 32.2. The van der Waals surface area contributed by atoms with Gasteiger partial charge in [-0.05, 0) is 53.1 Å². The van der Waals surface area contributed by atoms with Gasteiger partial charge in [-0.1, -0.05) is 39.0 Å². The highest BCUT2D eigenvalue weighted by molar-refractivity contribution is 8.18. The second-order valence-corrected chi connectivity index (χ2v) is 9.41. The zero-order valence-electron chi connectivity index (χ0n) is 19.0. The Morgan fingerprint density at radius 1 is 1.12 bits per heavy atom. The molecule has 174 valence electrons. The van der Waals surface area contributed by atoms with E-state index in [-0.39, 0.29) is 27.3 Å². The highest BCUT2D eigenvalue weighted by Crippen LogP contribution is 2.42. The monoisotopic (exact) mass is 470 g/mol. The minimum atomic E-state index is -1.13. The summed E-state index contributed by atoms with van der Waals surface area (Å²) in [5.41, 5.74) is 0.394. The molecule has 33 heavy (non-hydrogen) atoms. The van der Waals surface area contributed by atoms with Gasteiger partial charge in [-0.3, -0.25) is 9.69 Å². The second kappa shape index (κ2) is 9.58. The Hall–Kier alpha value is -3.46. The standard InChI is InChI=1S/C24H26N2O6S/c1-24(2,3)20(22(29)30)26-21(28)18(33-23(26)25-15-9-7-6-8-10-15)13-14-11-16(31-4)19(27)17(12-14)32-5/h6-13,20,27H,1-5H3,(H,29,30)/b18-13-,25-23?. The van der Waals surface area contributed by atoms with Gasteiger partial charge in [0.2, 0.25) is 5.75 Å². The second-order valence-electron chi connectivity index (χ2n) is 8.40. The van der Waals surface area contributed by atoms with Crippen molar-refractivity contribution in [1.82, 2.24) is 4.90 Å². The lowest BCUT2D eigenvalue weighted by atomic mass is 9.85. The first-order valence-electron chi connectivity index (χ1n) is 10.1. The number of hydrogen-bond acceptors (Lipinski definition) is 7. The Morgan fingerprint density at radius 2 is 1.70 bits per heavy atom. The molecular formula is C24H26N2O6S. The van der Waals surface area contributed by atoms with E-state index in [4.69, 9.17) is 9.47 Å². The number of aliphatic carboxylic acids is 1. The molecule has 0 spiro atoms. The number of carboxylic acid groups (broad SMARTS) is 1. The summed E-state index contributed by atoms with van der Waals surface area (Å²) in [6.45, 7) is 5.30. The van der Waals surface area contributed by atoms with E-state index in [0.29, 0.717) is 11.3 Å². The molecule has 3 rings (SSSR count). The van der Waals surface area contributed by atoms with E-state index < -0.39 is 23.3 Å². The molecule has 1 amide bonds. The van der Waals surface area contributed by atoms with Crippen LogP contribution in [0.15, 0.2) is 52.4 Å². The molecule has 1 aliphatic rings. The van der Waals surface area contributed by atoms with Crippen molar-refractivity contribution in [1.29, 1.82) is 0 Å². The predicted molar refractivity (Wildman–Crippen MR) is 128 cm³/mol. The maximum absolute atomic E-state index is 13.5. The number of phenols is 1. The van der Waals surface area contributed by atoms with E-state index in [1.165, 1.54) is 19.1 Å². The van der Waals surface area contributed by atoms with Crippen LogP contribution in [0.3, 0.4) is 0 Å². The first kappa shape index (κ1) is 24.2. The van der Waals surface area contributed by atoms with E-state index in [1.807, 2.05) is 18.2 Å². The van der Waals surface area contributed by atoms with Crippen molar-refractivity contribution in [2.45, 2.75) is 26.8 Å². The molecule has 0 aromatic heterocycles. The molecule has 1 aliphatic heterocycles. The number of amidine groups is 1. The number of rotatable bonds is 6. The van der Waals surface area contributed by atoms with Crippen LogP contribution < -0.4 is 9.47 Å².